The van der Waals surface area contributed by atoms with Crippen molar-refractivity contribution in [2.24, 2.45) is 7.05 Å². The third kappa shape index (κ3) is 2.77. The van der Waals surface area contributed by atoms with E-state index in [0.717, 1.165) is 58.2 Å². The molecule has 1 aliphatic rings. The molecule has 5 nitrogen and oxygen atoms in total. The summed E-state index contributed by atoms with van der Waals surface area (Å²) in [5.41, 5.74) is 5.60. The maximum Gasteiger partial charge on any atom is 0.254 e. The lowest BCUT2D eigenvalue weighted by Crippen LogP contribution is -2.33. The van der Waals surface area contributed by atoms with Gasteiger partial charge in [0.25, 0.3) is 5.91 Å². The molecule has 1 atom stereocenters. The molecular weight excluding hydrogens is 324 g/mol. The van der Waals surface area contributed by atoms with Gasteiger partial charge >= 0.3 is 0 Å². The van der Waals surface area contributed by atoms with Crippen molar-refractivity contribution in [3.05, 3.63) is 47.3 Å². The number of pyridine rings is 1. The molecule has 3 aromatic rings. The minimum absolute atomic E-state index is 0.111. The number of hydrogen-bond donors (Lipinski definition) is 0. The SMILES string of the molecule is Cc1cc(C)c2c(C(=O)N3CCC[C@H]3C)cc(-c3cnn(C)c3)nc2c1. The zero-order valence-corrected chi connectivity index (χ0v) is 15.8. The maximum atomic E-state index is 13.4. The van der Waals surface area contributed by atoms with Crippen LogP contribution in [-0.4, -0.2) is 38.2 Å². The number of carbonyl (C=O) groups is 1. The van der Waals surface area contributed by atoms with Gasteiger partial charge in [-0.25, -0.2) is 4.98 Å². The van der Waals surface area contributed by atoms with Gasteiger partial charge in [-0.05, 0) is 56.9 Å². The van der Waals surface area contributed by atoms with E-state index in [2.05, 4.69) is 38.0 Å². The Morgan fingerprint density at radius 3 is 2.69 bits per heavy atom. The molecule has 0 saturated carbocycles. The number of aryl methyl sites for hydroxylation is 3. The van der Waals surface area contributed by atoms with E-state index in [1.165, 1.54) is 0 Å². The smallest absolute Gasteiger partial charge is 0.254 e. The van der Waals surface area contributed by atoms with Crippen LogP contribution in [0.15, 0.2) is 30.6 Å². The zero-order valence-electron chi connectivity index (χ0n) is 15.8. The predicted octanol–water partition coefficient (Wildman–Crippen LogP) is 3.88. The van der Waals surface area contributed by atoms with Crippen LogP contribution in [0.5, 0.6) is 0 Å². The number of fused-ring (bicyclic) bond motifs is 1. The first-order valence-electron chi connectivity index (χ1n) is 9.16. The monoisotopic (exact) mass is 348 g/mol. The minimum Gasteiger partial charge on any atom is -0.336 e. The molecule has 2 aromatic heterocycles. The van der Waals surface area contributed by atoms with Gasteiger partial charge in [0, 0.05) is 36.8 Å². The van der Waals surface area contributed by atoms with Crippen LogP contribution in [-0.2, 0) is 7.05 Å². The largest absolute Gasteiger partial charge is 0.336 e. The van der Waals surface area contributed by atoms with Crippen LogP contribution < -0.4 is 0 Å². The lowest BCUT2D eigenvalue weighted by Gasteiger charge is -2.23. The van der Waals surface area contributed by atoms with Gasteiger partial charge in [-0.3, -0.25) is 9.48 Å². The van der Waals surface area contributed by atoms with Gasteiger partial charge in [0.05, 0.1) is 23.0 Å². The Labute approximate surface area is 153 Å². The molecule has 26 heavy (non-hydrogen) atoms. The number of nitrogens with zero attached hydrogens (tertiary/aromatic N) is 4. The van der Waals surface area contributed by atoms with Gasteiger partial charge in [-0.1, -0.05) is 6.07 Å². The molecule has 0 radical (unpaired) electrons. The molecule has 134 valence electrons. The highest BCUT2D eigenvalue weighted by Crippen LogP contribution is 2.30. The van der Waals surface area contributed by atoms with E-state index in [9.17, 15) is 4.79 Å². The Morgan fingerprint density at radius 1 is 1.23 bits per heavy atom. The van der Waals surface area contributed by atoms with Crippen LogP contribution in [0.25, 0.3) is 22.2 Å². The van der Waals surface area contributed by atoms with Crippen molar-refractivity contribution in [1.82, 2.24) is 19.7 Å². The van der Waals surface area contributed by atoms with Crippen molar-refractivity contribution >= 4 is 16.8 Å². The van der Waals surface area contributed by atoms with Gasteiger partial charge in [0.2, 0.25) is 0 Å². The molecule has 1 aromatic carbocycles. The molecular formula is C21H24N4O. The van der Waals surface area contributed by atoms with Crippen LogP contribution in [0.2, 0.25) is 0 Å². The Kier molecular flexibility index (Phi) is 4.02. The molecule has 5 heteroatoms. The van der Waals surface area contributed by atoms with E-state index in [4.69, 9.17) is 4.98 Å². The van der Waals surface area contributed by atoms with Gasteiger partial charge in [0.15, 0.2) is 0 Å². The van der Waals surface area contributed by atoms with Crippen molar-refractivity contribution < 1.29 is 4.79 Å². The van der Waals surface area contributed by atoms with Crippen molar-refractivity contribution in [3.63, 3.8) is 0 Å². The number of carbonyl (C=O) groups excluding carboxylic acids is 1. The number of amides is 1. The summed E-state index contributed by atoms with van der Waals surface area (Å²) in [6.07, 6.45) is 5.87. The molecule has 0 N–H and O–H groups in total. The highest BCUT2D eigenvalue weighted by molar-refractivity contribution is 6.08. The number of benzene rings is 1. The Morgan fingerprint density at radius 2 is 2.04 bits per heavy atom. The fourth-order valence-electron chi connectivity index (χ4n) is 4.01. The van der Waals surface area contributed by atoms with E-state index < -0.39 is 0 Å². The molecule has 0 bridgehead atoms. The zero-order chi connectivity index (χ0) is 18.4. The van der Waals surface area contributed by atoms with E-state index in [-0.39, 0.29) is 5.91 Å². The van der Waals surface area contributed by atoms with Crippen LogP contribution in [0, 0.1) is 13.8 Å². The molecule has 1 saturated heterocycles. The second-order valence-corrected chi connectivity index (χ2v) is 7.42. The molecule has 0 unspecified atom stereocenters. The van der Waals surface area contributed by atoms with Crippen molar-refractivity contribution in [2.45, 2.75) is 39.7 Å². The van der Waals surface area contributed by atoms with Gasteiger partial charge in [-0.15, -0.1) is 0 Å². The molecule has 1 amide bonds. The second kappa shape index (κ2) is 6.24. The maximum absolute atomic E-state index is 13.4. The van der Waals surface area contributed by atoms with Crippen molar-refractivity contribution in [3.8, 4) is 11.3 Å². The molecule has 0 aliphatic carbocycles. The van der Waals surface area contributed by atoms with Crippen LogP contribution in [0.1, 0.15) is 41.3 Å². The van der Waals surface area contributed by atoms with Gasteiger partial charge < -0.3 is 4.90 Å². The number of likely N-dealkylation sites (tertiary alicyclic amines) is 1. The summed E-state index contributed by atoms with van der Waals surface area (Å²) in [4.78, 5) is 20.2. The first kappa shape index (κ1) is 16.8. The third-order valence-electron chi connectivity index (χ3n) is 5.30. The first-order valence-corrected chi connectivity index (χ1v) is 9.16. The quantitative estimate of drug-likeness (QED) is 0.706. The summed E-state index contributed by atoms with van der Waals surface area (Å²) in [6, 6.07) is 6.41. The third-order valence-corrected chi connectivity index (χ3v) is 5.30. The minimum atomic E-state index is 0.111. The summed E-state index contributed by atoms with van der Waals surface area (Å²) in [5.74, 6) is 0.111. The number of aromatic nitrogens is 3. The fourth-order valence-corrected chi connectivity index (χ4v) is 4.01. The highest BCUT2D eigenvalue weighted by Gasteiger charge is 2.28. The van der Waals surface area contributed by atoms with Crippen LogP contribution >= 0.6 is 0 Å². The molecule has 1 fully saturated rings. The summed E-state index contributed by atoms with van der Waals surface area (Å²) in [6.45, 7) is 7.09. The second-order valence-electron chi connectivity index (χ2n) is 7.42. The average Bonchev–Trinajstić information content (AvgIpc) is 3.21. The summed E-state index contributed by atoms with van der Waals surface area (Å²) >= 11 is 0. The normalized spacial score (nSPS) is 17.2. The summed E-state index contributed by atoms with van der Waals surface area (Å²) in [5, 5.41) is 5.22. The molecule has 1 aliphatic heterocycles. The average molecular weight is 348 g/mol. The van der Waals surface area contributed by atoms with Gasteiger partial charge in [0.1, 0.15) is 0 Å². The Hall–Kier alpha value is -2.69. The van der Waals surface area contributed by atoms with Crippen LogP contribution in [0.3, 0.4) is 0 Å². The standard InChI is InChI=1S/C21H24N4O/c1-13-8-14(2)20-17(21(26)25-7-5-6-15(25)3)10-18(23-19(20)9-13)16-11-22-24(4)12-16/h8-12,15H,5-7H2,1-4H3/t15-/m1/s1. The van der Waals surface area contributed by atoms with E-state index in [0.29, 0.717) is 6.04 Å². The van der Waals surface area contributed by atoms with Crippen molar-refractivity contribution in [2.75, 3.05) is 6.54 Å². The van der Waals surface area contributed by atoms with Crippen LogP contribution in [0.4, 0.5) is 0 Å². The van der Waals surface area contributed by atoms with Gasteiger partial charge in [-0.2, -0.15) is 5.10 Å². The lowest BCUT2D eigenvalue weighted by molar-refractivity contribution is 0.0749. The van der Waals surface area contributed by atoms with E-state index in [1.54, 1.807) is 10.9 Å². The summed E-state index contributed by atoms with van der Waals surface area (Å²) in [7, 11) is 1.89. The molecule has 0 spiro atoms. The highest BCUT2D eigenvalue weighted by atomic mass is 16.2. The number of rotatable bonds is 2. The lowest BCUT2D eigenvalue weighted by atomic mass is 9.98. The van der Waals surface area contributed by atoms with Crippen molar-refractivity contribution in [1.29, 1.82) is 0 Å². The topological polar surface area (TPSA) is 51.0 Å². The fraction of sp³-hybridized carbons (Fsp3) is 0.381. The predicted molar refractivity (Wildman–Crippen MR) is 103 cm³/mol. The molecule has 4 rings (SSSR count). The van der Waals surface area contributed by atoms with E-state index in [1.807, 2.05) is 24.2 Å². The first-order chi connectivity index (χ1) is 12.4. The van der Waals surface area contributed by atoms with E-state index >= 15 is 0 Å². The summed E-state index contributed by atoms with van der Waals surface area (Å²) < 4.78 is 1.76. The number of hydrogen-bond acceptors (Lipinski definition) is 3. The Balaban J connectivity index is 1.95. The Bertz CT molecular complexity index is 1000. The molecule has 3 heterocycles.